The van der Waals surface area contributed by atoms with E-state index in [-0.39, 0.29) is 24.3 Å². The summed E-state index contributed by atoms with van der Waals surface area (Å²) < 4.78 is 4.81. The van der Waals surface area contributed by atoms with E-state index in [1.807, 2.05) is 0 Å². The molecule has 15 heavy (non-hydrogen) atoms. The second-order valence-electron chi connectivity index (χ2n) is 2.91. The summed E-state index contributed by atoms with van der Waals surface area (Å²) in [7, 11) is 0. The lowest BCUT2D eigenvalue weighted by atomic mass is 10.1. The molecular weight excluding hydrogens is 204 g/mol. The lowest BCUT2D eigenvalue weighted by Crippen LogP contribution is -2.15. The SMILES string of the molecule is N[C@H](CCC(=O)O)c1ocnc1C(=O)O. The standard InChI is InChI=1S/C8H10N2O5/c9-4(1-2-5(11)12)7-6(8(13)14)10-3-15-7/h3-4H,1-2,9H2,(H,11,12)(H,13,14)/t4-/m1/s1. The average molecular weight is 214 g/mol. The van der Waals surface area contributed by atoms with E-state index in [1.54, 1.807) is 0 Å². The molecule has 0 unspecified atom stereocenters. The summed E-state index contributed by atoms with van der Waals surface area (Å²) in [6, 6.07) is -0.769. The van der Waals surface area contributed by atoms with E-state index in [1.165, 1.54) is 0 Å². The minimum Gasteiger partial charge on any atom is -0.481 e. The van der Waals surface area contributed by atoms with Gasteiger partial charge in [0.15, 0.2) is 17.8 Å². The average Bonchev–Trinajstić information content (AvgIpc) is 2.62. The highest BCUT2D eigenvalue weighted by Gasteiger charge is 2.21. The second-order valence-corrected chi connectivity index (χ2v) is 2.91. The summed E-state index contributed by atoms with van der Waals surface area (Å²) in [5.41, 5.74) is 5.30. The molecule has 0 fully saturated rings. The quantitative estimate of drug-likeness (QED) is 0.640. The first-order valence-electron chi connectivity index (χ1n) is 4.16. The van der Waals surface area contributed by atoms with Crippen LogP contribution in [0.5, 0.6) is 0 Å². The maximum absolute atomic E-state index is 10.6. The summed E-state index contributed by atoms with van der Waals surface area (Å²) in [4.78, 5) is 24.4. The van der Waals surface area contributed by atoms with Gasteiger partial charge in [-0.15, -0.1) is 0 Å². The van der Waals surface area contributed by atoms with Gasteiger partial charge in [0.05, 0.1) is 6.04 Å². The van der Waals surface area contributed by atoms with Gasteiger partial charge in [-0.3, -0.25) is 4.79 Å². The van der Waals surface area contributed by atoms with Crippen molar-refractivity contribution in [1.29, 1.82) is 0 Å². The van der Waals surface area contributed by atoms with Crippen molar-refractivity contribution in [1.82, 2.24) is 4.98 Å². The number of nitrogens with two attached hydrogens (primary N) is 1. The first-order valence-corrected chi connectivity index (χ1v) is 4.16. The molecule has 82 valence electrons. The predicted molar refractivity (Wildman–Crippen MR) is 47.3 cm³/mol. The molecule has 4 N–H and O–H groups in total. The monoisotopic (exact) mass is 214 g/mol. The zero-order valence-electron chi connectivity index (χ0n) is 7.71. The fraction of sp³-hybridized carbons (Fsp3) is 0.375. The Labute approximate surface area is 84.5 Å². The Hall–Kier alpha value is -1.89. The summed E-state index contributed by atoms with van der Waals surface area (Å²) >= 11 is 0. The number of nitrogens with zero attached hydrogens (tertiary/aromatic N) is 1. The van der Waals surface area contributed by atoms with E-state index in [0.29, 0.717) is 0 Å². The molecule has 1 atom stereocenters. The van der Waals surface area contributed by atoms with Crippen LogP contribution < -0.4 is 5.73 Å². The normalized spacial score (nSPS) is 12.3. The van der Waals surface area contributed by atoms with Crippen LogP contribution in [0, 0.1) is 0 Å². The molecule has 1 aromatic heterocycles. The molecule has 1 aromatic rings. The third kappa shape index (κ3) is 2.78. The van der Waals surface area contributed by atoms with E-state index in [2.05, 4.69) is 4.98 Å². The van der Waals surface area contributed by atoms with E-state index in [4.69, 9.17) is 20.4 Å². The van der Waals surface area contributed by atoms with Crippen LogP contribution in [-0.4, -0.2) is 27.1 Å². The van der Waals surface area contributed by atoms with Gasteiger partial charge in [0.25, 0.3) is 0 Å². The van der Waals surface area contributed by atoms with Gasteiger partial charge in [-0.05, 0) is 6.42 Å². The minimum absolute atomic E-state index is 0.00347. The van der Waals surface area contributed by atoms with Crippen molar-refractivity contribution in [2.45, 2.75) is 18.9 Å². The van der Waals surface area contributed by atoms with Crippen LogP contribution in [-0.2, 0) is 4.79 Å². The summed E-state index contributed by atoms with van der Waals surface area (Å²) in [6.45, 7) is 0. The Morgan fingerprint density at radius 1 is 1.53 bits per heavy atom. The maximum Gasteiger partial charge on any atom is 0.358 e. The van der Waals surface area contributed by atoms with Crippen LogP contribution >= 0.6 is 0 Å². The topological polar surface area (TPSA) is 127 Å². The fourth-order valence-electron chi connectivity index (χ4n) is 1.09. The number of carboxylic acid groups (broad SMARTS) is 2. The van der Waals surface area contributed by atoms with Crippen LogP contribution in [0.2, 0.25) is 0 Å². The molecule has 0 spiro atoms. The van der Waals surface area contributed by atoms with Crippen LogP contribution in [0.3, 0.4) is 0 Å². The zero-order valence-corrected chi connectivity index (χ0v) is 7.71. The van der Waals surface area contributed by atoms with Gasteiger partial charge < -0.3 is 20.4 Å². The van der Waals surface area contributed by atoms with Crippen molar-refractivity contribution in [3.63, 3.8) is 0 Å². The molecule has 1 heterocycles. The molecule has 0 saturated carbocycles. The van der Waals surface area contributed by atoms with Crippen molar-refractivity contribution in [2.75, 3.05) is 0 Å². The smallest absolute Gasteiger partial charge is 0.358 e. The molecule has 1 rings (SSSR count). The molecule has 0 aromatic carbocycles. The molecule has 0 aliphatic carbocycles. The largest absolute Gasteiger partial charge is 0.481 e. The number of rotatable bonds is 5. The van der Waals surface area contributed by atoms with E-state index in [9.17, 15) is 9.59 Å². The number of aromatic carboxylic acids is 1. The lowest BCUT2D eigenvalue weighted by molar-refractivity contribution is -0.137. The Morgan fingerprint density at radius 2 is 2.20 bits per heavy atom. The highest BCUT2D eigenvalue weighted by Crippen LogP contribution is 2.19. The second kappa shape index (κ2) is 4.56. The number of hydrogen-bond acceptors (Lipinski definition) is 5. The summed E-state index contributed by atoms with van der Waals surface area (Å²) in [5, 5.41) is 17.1. The zero-order chi connectivity index (χ0) is 11.4. The number of hydrogen-bond donors (Lipinski definition) is 3. The van der Waals surface area contributed by atoms with Crippen molar-refractivity contribution < 1.29 is 24.2 Å². The predicted octanol–water partition coefficient (Wildman–Crippen LogP) is 0.237. The van der Waals surface area contributed by atoms with Gasteiger partial charge in [-0.2, -0.15) is 0 Å². The van der Waals surface area contributed by atoms with E-state index in [0.717, 1.165) is 6.39 Å². The van der Waals surface area contributed by atoms with Gasteiger partial charge in [0, 0.05) is 6.42 Å². The van der Waals surface area contributed by atoms with Gasteiger partial charge in [-0.25, -0.2) is 9.78 Å². The first-order chi connectivity index (χ1) is 7.02. The molecule has 0 amide bonds. The maximum atomic E-state index is 10.6. The Morgan fingerprint density at radius 3 is 2.73 bits per heavy atom. The van der Waals surface area contributed by atoms with Gasteiger partial charge >= 0.3 is 11.9 Å². The van der Waals surface area contributed by atoms with Crippen LogP contribution in [0.1, 0.15) is 35.1 Å². The minimum atomic E-state index is -1.25. The Balaban J connectivity index is 2.73. The molecule has 7 nitrogen and oxygen atoms in total. The van der Waals surface area contributed by atoms with Crippen molar-refractivity contribution in [2.24, 2.45) is 5.73 Å². The summed E-state index contributed by atoms with van der Waals surface area (Å²) in [6.07, 6.45) is 0.922. The van der Waals surface area contributed by atoms with Crippen molar-refractivity contribution in [3.8, 4) is 0 Å². The first kappa shape index (κ1) is 11.2. The number of carboxylic acids is 2. The van der Waals surface area contributed by atoms with Crippen LogP contribution in [0.15, 0.2) is 10.8 Å². The molecule has 0 bridgehead atoms. The molecule has 0 radical (unpaired) electrons. The fourth-order valence-corrected chi connectivity index (χ4v) is 1.09. The van der Waals surface area contributed by atoms with Crippen LogP contribution in [0.25, 0.3) is 0 Å². The van der Waals surface area contributed by atoms with Gasteiger partial charge in [-0.1, -0.05) is 0 Å². The van der Waals surface area contributed by atoms with Gasteiger partial charge in [0.1, 0.15) is 0 Å². The number of carbonyl (C=O) groups is 2. The lowest BCUT2D eigenvalue weighted by Gasteiger charge is -2.06. The van der Waals surface area contributed by atoms with E-state index >= 15 is 0 Å². The number of aliphatic carboxylic acids is 1. The molecule has 7 heteroatoms. The molecular formula is C8H10N2O5. The van der Waals surface area contributed by atoms with E-state index < -0.39 is 18.0 Å². The van der Waals surface area contributed by atoms with Crippen molar-refractivity contribution >= 4 is 11.9 Å². The Kier molecular flexibility index (Phi) is 3.40. The summed E-state index contributed by atoms with van der Waals surface area (Å²) in [5.74, 6) is -2.24. The number of aromatic nitrogens is 1. The molecule has 0 saturated heterocycles. The third-order valence-electron chi connectivity index (χ3n) is 1.80. The van der Waals surface area contributed by atoms with Gasteiger partial charge in [0.2, 0.25) is 0 Å². The molecule has 0 aliphatic heterocycles. The third-order valence-corrected chi connectivity index (χ3v) is 1.80. The van der Waals surface area contributed by atoms with Crippen LogP contribution in [0.4, 0.5) is 0 Å². The highest BCUT2D eigenvalue weighted by atomic mass is 16.4. The molecule has 0 aliphatic rings. The number of oxazole rings is 1. The van der Waals surface area contributed by atoms with Crippen molar-refractivity contribution in [3.05, 3.63) is 17.8 Å². The highest BCUT2D eigenvalue weighted by molar-refractivity contribution is 5.86. The Bertz CT molecular complexity index is 373.